The minimum Gasteiger partial charge on any atom is -0.481 e. The molecule has 2 aromatic rings. The van der Waals surface area contributed by atoms with E-state index in [2.05, 4.69) is 0 Å². The Balaban J connectivity index is 1.21. The van der Waals surface area contributed by atoms with E-state index in [-0.39, 0.29) is 22.8 Å². The van der Waals surface area contributed by atoms with E-state index in [9.17, 15) is 14.3 Å². The lowest BCUT2D eigenvalue weighted by Crippen LogP contribution is -2.26. The number of aliphatic carboxylic acids is 1. The number of para-hydroxylation sites is 1. The summed E-state index contributed by atoms with van der Waals surface area (Å²) in [5.74, 6) is 0.376. The second-order valence-electron chi connectivity index (χ2n) is 9.50. The van der Waals surface area contributed by atoms with Crippen LogP contribution >= 0.6 is 0 Å². The summed E-state index contributed by atoms with van der Waals surface area (Å²) in [6, 6.07) is 14.1. The molecule has 158 valence electrons. The molecule has 0 spiro atoms. The number of ether oxygens (including phenoxy) is 2. The predicted molar refractivity (Wildman–Crippen MR) is 110 cm³/mol. The second kappa shape index (κ2) is 7.38. The maximum absolute atomic E-state index is 14.1. The number of benzene rings is 2. The minimum atomic E-state index is -0.644. The Labute approximate surface area is 176 Å². The Bertz CT molecular complexity index is 933. The lowest BCUT2D eigenvalue weighted by atomic mass is 9.79. The van der Waals surface area contributed by atoms with Crippen molar-refractivity contribution in [2.75, 3.05) is 0 Å². The molecule has 2 bridgehead atoms. The van der Waals surface area contributed by atoms with Crippen LogP contribution in [0.2, 0.25) is 0 Å². The van der Waals surface area contributed by atoms with Gasteiger partial charge in [0.15, 0.2) is 0 Å². The first kappa shape index (κ1) is 19.6. The van der Waals surface area contributed by atoms with E-state index >= 15 is 0 Å². The number of hydrogen-bond donors (Lipinski definition) is 1. The van der Waals surface area contributed by atoms with Gasteiger partial charge in [0.2, 0.25) is 0 Å². The van der Waals surface area contributed by atoms with Gasteiger partial charge in [-0.2, -0.15) is 0 Å². The van der Waals surface area contributed by atoms with Crippen LogP contribution in [0.25, 0.3) is 0 Å². The van der Waals surface area contributed by atoms with Crippen LogP contribution in [0.4, 0.5) is 4.39 Å². The number of fused-ring (bicyclic) bond motifs is 2. The van der Waals surface area contributed by atoms with E-state index in [1.807, 2.05) is 36.4 Å². The molecule has 0 unspecified atom stereocenters. The SMILES string of the molecule is O=C(O)[C@@H]1C[C@H]1CC12CCC(OCc3cc(F)cc(Oc4ccccc4)c3)(CC1)C2. The fourth-order valence-electron chi connectivity index (χ4n) is 5.70. The van der Waals surface area contributed by atoms with Crippen molar-refractivity contribution in [2.24, 2.45) is 17.3 Å². The molecule has 30 heavy (non-hydrogen) atoms. The normalized spacial score (nSPS) is 31.6. The Kier molecular flexibility index (Phi) is 4.81. The summed E-state index contributed by atoms with van der Waals surface area (Å²) >= 11 is 0. The third-order valence-corrected chi connectivity index (χ3v) is 7.31. The van der Waals surface area contributed by atoms with Gasteiger partial charge < -0.3 is 14.6 Å². The van der Waals surface area contributed by atoms with Gasteiger partial charge in [-0.25, -0.2) is 4.39 Å². The van der Waals surface area contributed by atoms with Crippen LogP contribution in [0.15, 0.2) is 48.5 Å². The number of carbonyl (C=O) groups is 1. The van der Waals surface area contributed by atoms with E-state index < -0.39 is 5.97 Å². The van der Waals surface area contributed by atoms with Gasteiger partial charge in [-0.3, -0.25) is 4.79 Å². The average Bonchev–Trinajstić information content (AvgIpc) is 3.26. The summed E-state index contributed by atoms with van der Waals surface area (Å²) in [5.41, 5.74) is 0.881. The van der Waals surface area contributed by atoms with Gasteiger partial charge in [0, 0.05) is 6.07 Å². The molecule has 5 heteroatoms. The third kappa shape index (κ3) is 3.95. The zero-order chi connectivity index (χ0) is 20.8. The fourth-order valence-corrected chi connectivity index (χ4v) is 5.70. The summed E-state index contributed by atoms with van der Waals surface area (Å²) in [6.07, 6.45) is 7.11. The first-order chi connectivity index (χ1) is 14.4. The van der Waals surface area contributed by atoms with Crippen molar-refractivity contribution in [3.8, 4) is 11.5 Å². The molecule has 2 aromatic carbocycles. The first-order valence-corrected chi connectivity index (χ1v) is 10.8. The van der Waals surface area contributed by atoms with Crippen LogP contribution in [0.5, 0.6) is 11.5 Å². The topological polar surface area (TPSA) is 55.8 Å². The molecule has 0 heterocycles. The van der Waals surface area contributed by atoms with Crippen molar-refractivity contribution in [1.82, 2.24) is 0 Å². The van der Waals surface area contributed by atoms with Gasteiger partial charge in [0.05, 0.1) is 18.1 Å². The predicted octanol–water partition coefficient (Wildman–Crippen LogP) is 5.95. The number of rotatable bonds is 8. The molecule has 3 aliphatic rings. The van der Waals surface area contributed by atoms with Crippen LogP contribution in [-0.4, -0.2) is 16.7 Å². The Hall–Kier alpha value is -2.40. The second-order valence-corrected chi connectivity index (χ2v) is 9.50. The van der Waals surface area contributed by atoms with Gasteiger partial charge in [0.25, 0.3) is 0 Å². The number of hydrogen-bond acceptors (Lipinski definition) is 3. The highest BCUT2D eigenvalue weighted by molar-refractivity contribution is 5.73. The lowest BCUT2D eigenvalue weighted by molar-refractivity contribution is -0.138. The minimum absolute atomic E-state index is 0.133. The Morgan fingerprint density at radius 2 is 1.83 bits per heavy atom. The summed E-state index contributed by atoms with van der Waals surface area (Å²) < 4.78 is 26.3. The molecule has 2 atom stereocenters. The smallest absolute Gasteiger partial charge is 0.306 e. The molecule has 0 aliphatic heterocycles. The van der Waals surface area contributed by atoms with E-state index in [4.69, 9.17) is 9.47 Å². The van der Waals surface area contributed by atoms with Gasteiger partial charge in [0.1, 0.15) is 17.3 Å². The summed E-state index contributed by atoms with van der Waals surface area (Å²) in [5, 5.41) is 9.20. The monoisotopic (exact) mass is 410 g/mol. The molecule has 3 fully saturated rings. The highest BCUT2D eigenvalue weighted by atomic mass is 19.1. The maximum atomic E-state index is 14.1. The molecule has 4 nitrogen and oxygen atoms in total. The van der Waals surface area contributed by atoms with E-state index in [0.717, 1.165) is 50.5 Å². The molecule has 3 saturated carbocycles. The molecular weight excluding hydrogens is 383 g/mol. The van der Waals surface area contributed by atoms with Gasteiger partial charge in [-0.15, -0.1) is 0 Å². The van der Waals surface area contributed by atoms with Crippen molar-refractivity contribution < 1.29 is 23.8 Å². The zero-order valence-corrected chi connectivity index (χ0v) is 17.0. The number of carboxylic acids is 1. The lowest BCUT2D eigenvalue weighted by Gasteiger charge is -2.28. The number of halogens is 1. The molecule has 3 aliphatic carbocycles. The van der Waals surface area contributed by atoms with Crippen LogP contribution < -0.4 is 4.74 Å². The van der Waals surface area contributed by atoms with E-state index in [1.165, 1.54) is 12.1 Å². The van der Waals surface area contributed by atoms with Crippen molar-refractivity contribution in [1.29, 1.82) is 0 Å². The van der Waals surface area contributed by atoms with Crippen LogP contribution in [0.1, 0.15) is 50.5 Å². The first-order valence-electron chi connectivity index (χ1n) is 10.8. The average molecular weight is 410 g/mol. The largest absolute Gasteiger partial charge is 0.481 e. The summed E-state index contributed by atoms with van der Waals surface area (Å²) in [7, 11) is 0. The van der Waals surface area contributed by atoms with Crippen LogP contribution in [-0.2, 0) is 16.1 Å². The van der Waals surface area contributed by atoms with Crippen molar-refractivity contribution in [3.05, 3.63) is 59.9 Å². The molecule has 0 amide bonds. The Morgan fingerprint density at radius 3 is 2.53 bits per heavy atom. The van der Waals surface area contributed by atoms with Gasteiger partial charge in [-0.05, 0) is 86.1 Å². The Morgan fingerprint density at radius 1 is 1.07 bits per heavy atom. The van der Waals surface area contributed by atoms with Crippen molar-refractivity contribution in [2.45, 2.75) is 57.2 Å². The summed E-state index contributed by atoms with van der Waals surface area (Å²) in [6.45, 7) is 0.361. The quantitative estimate of drug-likeness (QED) is 0.584. The van der Waals surface area contributed by atoms with E-state index in [1.54, 1.807) is 0 Å². The third-order valence-electron chi connectivity index (χ3n) is 7.31. The molecule has 0 saturated heterocycles. The fraction of sp³-hybridized carbons (Fsp3) is 0.480. The standard InChI is InChI=1S/C25H27FO4/c26-19-10-17(11-21(13-19)30-20-4-2-1-3-5-20)15-29-25-8-6-24(16-25,7-9-25)14-18-12-22(18)23(27)28/h1-5,10-11,13,18,22H,6-9,12,14-16H2,(H,27,28)/t18-,22+,24?,25?/m0/s1. The highest BCUT2D eigenvalue weighted by Gasteiger charge is 2.58. The van der Waals surface area contributed by atoms with E-state index in [0.29, 0.717) is 24.0 Å². The maximum Gasteiger partial charge on any atom is 0.306 e. The van der Waals surface area contributed by atoms with Crippen molar-refractivity contribution >= 4 is 5.97 Å². The summed E-state index contributed by atoms with van der Waals surface area (Å²) in [4.78, 5) is 11.2. The van der Waals surface area contributed by atoms with Gasteiger partial charge in [-0.1, -0.05) is 18.2 Å². The molecule has 0 aromatic heterocycles. The number of carboxylic acid groups (broad SMARTS) is 1. The van der Waals surface area contributed by atoms with Gasteiger partial charge >= 0.3 is 5.97 Å². The van der Waals surface area contributed by atoms with Crippen molar-refractivity contribution in [3.63, 3.8) is 0 Å². The molecule has 0 radical (unpaired) electrons. The molecule has 1 N–H and O–H groups in total. The van der Waals surface area contributed by atoms with Crippen LogP contribution in [0.3, 0.4) is 0 Å². The molecule has 5 rings (SSSR count). The van der Waals surface area contributed by atoms with Crippen LogP contribution in [0, 0.1) is 23.1 Å². The highest BCUT2D eigenvalue weighted by Crippen LogP contribution is 2.63. The molecular formula is C25H27FO4. The zero-order valence-electron chi connectivity index (χ0n) is 17.0.